The van der Waals surface area contributed by atoms with Crippen molar-refractivity contribution in [1.82, 2.24) is 9.29 Å². The predicted octanol–water partition coefficient (Wildman–Crippen LogP) is 3.42. The first kappa shape index (κ1) is 21.6. The molecule has 4 rings (SSSR count). The zero-order valence-corrected chi connectivity index (χ0v) is 18.4. The van der Waals surface area contributed by atoms with Gasteiger partial charge in [-0.3, -0.25) is 9.36 Å². The second-order valence-electron chi connectivity index (χ2n) is 7.70. The molecular weight excluding hydrogens is 442 g/mol. The average Bonchev–Trinajstić information content (AvgIpc) is 3.32. The number of nitrogens with zero attached hydrogens (tertiary/aromatic N) is 1. The molecule has 0 radical (unpaired) electrons. The summed E-state index contributed by atoms with van der Waals surface area (Å²) in [4.78, 5) is 24.7. The van der Waals surface area contributed by atoms with Crippen LogP contribution >= 0.6 is 11.6 Å². The Morgan fingerprint density at radius 2 is 1.94 bits per heavy atom. The van der Waals surface area contributed by atoms with E-state index in [0.29, 0.717) is 16.2 Å². The van der Waals surface area contributed by atoms with Crippen LogP contribution in [0, 0.1) is 6.92 Å². The molecule has 0 aliphatic heterocycles. The molecule has 1 aliphatic rings. The average molecular weight is 464 g/mol. The molecule has 1 fully saturated rings. The van der Waals surface area contributed by atoms with Crippen LogP contribution in [0.1, 0.15) is 31.2 Å². The Labute approximate surface area is 184 Å². The SMILES string of the molecule is Cc1ccc(NC(=O)Cn2c(=O)oc3cc(S(=O)(=O)NC4CCCC4)ccc32)cc1Cl. The monoisotopic (exact) mass is 463 g/mol. The van der Waals surface area contributed by atoms with Gasteiger partial charge < -0.3 is 9.73 Å². The van der Waals surface area contributed by atoms with E-state index in [2.05, 4.69) is 10.0 Å². The molecule has 2 aromatic carbocycles. The number of anilines is 1. The normalized spacial score (nSPS) is 14.9. The van der Waals surface area contributed by atoms with E-state index in [9.17, 15) is 18.0 Å². The van der Waals surface area contributed by atoms with Gasteiger partial charge in [-0.1, -0.05) is 30.5 Å². The number of oxazole rings is 1. The summed E-state index contributed by atoms with van der Waals surface area (Å²) in [5, 5.41) is 3.20. The van der Waals surface area contributed by atoms with Gasteiger partial charge in [0.25, 0.3) is 0 Å². The summed E-state index contributed by atoms with van der Waals surface area (Å²) in [6.07, 6.45) is 3.63. The number of nitrogens with one attached hydrogen (secondary N) is 2. The summed E-state index contributed by atoms with van der Waals surface area (Å²) in [5.41, 5.74) is 1.82. The fraction of sp³-hybridized carbons (Fsp3) is 0.333. The molecule has 0 bridgehead atoms. The molecule has 2 N–H and O–H groups in total. The molecule has 0 spiro atoms. The summed E-state index contributed by atoms with van der Waals surface area (Å²) >= 11 is 6.07. The van der Waals surface area contributed by atoms with Crippen molar-refractivity contribution in [2.75, 3.05) is 5.32 Å². The minimum absolute atomic E-state index is 0.0200. The molecule has 10 heteroatoms. The predicted molar refractivity (Wildman–Crippen MR) is 118 cm³/mol. The summed E-state index contributed by atoms with van der Waals surface area (Å²) in [6.45, 7) is 1.56. The lowest BCUT2D eigenvalue weighted by Gasteiger charge is -2.12. The molecule has 1 heterocycles. The maximum atomic E-state index is 12.6. The Bertz CT molecular complexity index is 1310. The number of rotatable bonds is 6. The molecule has 3 aromatic rings. The first-order chi connectivity index (χ1) is 14.7. The standard InChI is InChI=1S/C21H22ClN3O5S/c1-13-6-7-15(10-17(13)22)23-20(26)12-25-18-9-8-16(11-19(18)30-21(25)27)31(28,29)24-14-4-2-3-5-14/h6-11,14,24H,2-5,12H2,1H3,(H,23,26). The molecule has 0 unspecified atom stereocenters. The Hall–Kier alpha value is -2.62. The zero-order valence-electron chi connectivity index (χ0n) is 16.9. The summed E-state index contributed by atoms with van der Waals surface area (Å²) in [7, 11) is -3.72. The van der Waals surface area contributed by atoms with Crippen LogP contribution in [0.3, 0.4) is 0 Å². The van der Waals surface area contributed by atoms with Gasteiger partial charge in [0, 0.05) is 22.8 Å². The molecule has 31 heavy (non-hydrogen) atoms. The van der Waals surface area contributed by atoms with Gasteiger partial charge in [-0.15, -0.1) is 0 Å². The lowest BCUT2D eigenvalue weighted by atomic mass is 10.2. The first-order valence-corrected chi connectivity index (χ1v) is 11.8. The van der Waals surface area contributed by atoms with Crippen molar-refractivity contribution in [3.63, 3.8) is 0 Å². The van der Waals surface area contributed by atoms with Gasteiger partial charge in [-0.25, -0.2) is 17.9 Å². The number of aryl methyl sites for hydroxylation is 1. The molecule has 1 saturated carbocycles. The highest BCUT2D eigenvalue weighted by atomic mass is 35.5. The van der Waals surface area contributed by atoms with Gasteiger partial charge in [0.05, 0.1) is 10.4 Å². The Kier molecular flexibility index (Phi) is 5.92. The highest BCUT2D eigenvalue weighted by Crippen LogP contribution is 2.23. The largest absolute Gasteiger partial charge is 0.420 e. The van der Waals surface area contributed by atoms with Crippen LogP contribution in [0.5, 0.6) is 0 Å². The third-order valence-corrected chi connectivity index (χ3v) is 7.31. The van der Waals surface area contributed by atoms with E-state index in [1.165, 1.54) is 18.2 Å². The zero-order chi connectivity index (χ0) is 22.2. The molecular formula is C21H22ClN3O5S. The highest BCUT2D eigenvalue weighted by molar-refractivity contribution is 7.89. The molecule has 1 aromatic heterocycles. The number of hydrogen-bond donors (Lipinski definition) is 2. The lowest BCUT2D eigenvalue weighted by Crippen LogP contribution is -2.32. The van der Waals surface area contributed by atoms with Crippen molar-refractivity contribution in [3.8, 4) is 0 Å². The van der Waals surface area contributed by atoms with Crippen molar-refractivity contribution in [1.29, 1.82) is 0 Å². The topological polar surface area (TPSA) is 110 Å². The molecule has 0 atom stereocenters. The van der Waals surface area contributed by atoms with Gasteiger partial charge in [0.1, 0.15) is 6.54 Å². The van der Waals surface area contributed by atoms with E-state index in [0.717, 1.165) is 35.8 Å². The van der Waals surface area contributed by atoms with Crippen LogP contribution in [0.15, 0.2) is 50.5 Å². The second kappa shape index (κ2) is 8.49. The number of carbonyl (C=O) groups is 1. The van der Waals surface area contributed by atoms with Crippen molar-refractivity contribution in [2.24, 2.45) is 0 Å². The van der Waals surface area contributed by atoms with Crippen LogP contribution in [-0.4, -0.2) is 24.9 Å². The lowest BCUT2D eigenvalue weighted by molar-refractivity contribution is -0.116. The number of fused-ring (bicyclic) bond motifs is 1. The van der Waals surface area contributed by atoms with Gasteiger partial charge in [-0.05, 0) is 49.6 Å². The maximum Gasteiger partial charge on any atom is 0.420 e. The van der Waals surface area contributed by atoms with Crippen molar-refractivity contribution < 1.29 is 17.6 Å². The van der Waals surface area contributed by atoms with Crippen molar-refractivity contribution >= 4 is 44.3 Å². The quantitative estimate of drug-likeness (QED) is 0.582. The van der Waals surface area contributed by atoms with Gasteiger partial charge in [-0.2, -0.15) is 0 Å². The van der Waals surface area contributed by atoms with Crippen molar-refractivity contribution in [3.05, 3.63) is 57.5 Å². The number of amides is 1. The third kappa shape index (κ3) is 4.68. The van der Waals surface area contributed by atoms with E-state index in [4.69, 9.17) is 16.0 Å². The number of aromatic nitrogens is 1. The van der Waals surface area contributed by atoms with Crippen LogP contribution in [0.4, 0.5) is 5.69 Å². The minimum atomic E-state index is -3.72. The first-order valence-electron chi connectivity index (χ1n) is 9.95. The van der Waals surface area contributed by atoms with E-state index in [-0.39, 0.29) is 23.1 Å². The Morgan fingerprint density at radius 1 is 1.19 bits per heavy atom. The van der Waals surface area contributed by atoms with Crippen LogP contribution < -0.4 is 15.8 Å². The van der Waals surface area contributed by atoms with E-state index >= 15 is 0 Å². The smallest absolute Gasteiger partial charge is 0.408 e. The number of carbonyl (C=O) groups excluding carboxylic acids is 1. The second-order valence-corrected chi connectivity index (χ2v) is 9.82. The van der Waals surface area contributed by atoms with E-state index < -0.39 is 21.7 Å². The summed E-state index contributed by atoms with van der Waals surface area (Å²) in [5.74, 6) is -1.19. The van der Waals surface area contributed by atoms with E-state index in [1.54, 1.807) is 18.2 Å². The molecule has 1 aliphatic carbocycles. The number of benzene rings is 2. The Balaban J connectivity index is 1.55. The Morgan fingerprint density at radius 3 is 2.65 bits per heavy atom. The van der Waals surface area contributed by atoms with Crippen LogP contribution in [-0.2, 0) is 21.4 Å². The molecule has 1 amide bonds. The number of halogens is 1. The number of hydrogen-bond acceptors (Lipinski definition) is 5. The highest BCUT2D eigenvalue weighted by Gasteiger charge is 2.24. The van der Waals surface area contributed by atoms with E-state index in [1.807, 2.05) is 6.92 Å². The van der Waals surface area contributed by atoms with Gasteiger partial charge >= 0.3 is 5.76 Å². The van der Waals surface area contributed by atoms with Crippen molar-refractivity contribution in [2.45, 2.75) is 50.1 Å². The van der Waals surface area contributed by atoms with Gasteiger partial charge in [0.15, 0.2) is 5.58 Å². The van der Waals surface area contributed by atoms with Gasteiger partial charge in [0.2, 0.25) is 15.9 Å². The third-order valence-electron chi connectivity index (χ3n) is 5.38. The van der Waals surface area contributed by atoms with Crippen LogP contribution in [0.25, 0.3) is 11.1 Å². The molecule has 8 nitrogen and oxygen atoms in total. The fourth-order valence-electron chi connectivity index (χ4n) is 3.71. The minimum Gasteiger partial charge on any atom is -0.408 e. The van der Waals surface area contributed by atoms with Crippen LogP contribution in [0.2, 0.25) is 5.02 Å². The molecule has 0 saturated heterocycles. The maximum absolute atomic E-state index is 12.6. The summed E-state index contributed by atoms with van der Waals surface area (Å²) in [6, 6.07) is 9.23. The number of sulfonamides is 1. The summed E-state index contributed by atoms with van der Waals surface area (Å²) < 4.78 is 34.3. The fourth-order valence-corrected chi connectivity index (χ4v) is 5.21. The molecule has 164 valence electrons.